The number of aromatic nitrogens is 3. The van der Waals surface area contributed by atoms with Gasteiger partial charge >= 0.3 is 0 Å². The van der Waals surface area contributed by atoms with Crippen molar-refractivity contribution < 1.29 is 4.52 Å². The molecule has 0 bridgehead atoms. The fourth-order valence-electron chi connectivity index (χ4n) is 2.62. The number of likely N-dealkylation sites (tertiary alicyclic amines) is 1. The summed E-state index contributed by atoms with van der Waals surface area (Å²) in [5.74, 6) is 1.68. The number of nitrogens with zero attached hydrogens (tertiary/aromatic N) is 5. The van der Waals surface area contributed by atoms with Gasteiger partial charge in [-0.3, -0.25) is 9.98 Å². The SMILES string of the molecule is I.NC(=NCCc1noc(-c2ccccn2)n1)N1CCCCCC1. The molecular weight excluding hydrogens is 419 g/mol. The molecule has 0 spiro atoms. The number of hydrogen-bond donors (Lipinski definition) is 1. The van der Waals surface area contributed by atoms with E-state index in [4.69, 9.17) is 10.3 Å². The predicted molar refractivity (Wildman–Crippen MR) is 103 cm³/mol. The molecule has 24 heavy (non-hydrogen) atoms. The number of aliphatic imine (C=N–C) groups is 1. The molecule has 0 aromatic carbocycles. The van der Waals surface area contributed by atoms with Gasteiger partial charge in [0, 0.05) is 32.3 Å². The van der Waals surface area contributed by atoms with Crippen LogP contribution in [0.25, 0.3) is 11.6 Å². The Morgan fingerprint density at radius 1 is 1.21 bits per heavy atom. The Kier molecular flexibility index (Phi) is 7.41. The molecule has 0 unspecified atom stereocenters. The smallest absolute Gasteiger partial charge is 0.276 e. The Hall–Kier alpha value is -1.71. The topological polar surface area (TPSA) is 93.4 Å². The Morgan fingerprint density at radius 2 is 2.00 bits per heavy atom. The standard InChI is InChI=1S/C16H22N6O.HI/c17-16(22-11-5-1-2-6-12-22)19-10-8-14-20-15(23-21-14)13-7-3-4-9-18-13;/h3-4,7,9H,1-2,5-6,8,10-12H2,(H2,17,19);1H. The highest BCUT2D eigenvalue weighted by Gasteiger charge is 2.12. The highest BCUT2D eigenvalue weighted by atomic mass is 127. The van der Waals surface area contributed by atoms with Gasteiger partial charge in [0.25, 0.3) is 5.89 Å². The maximum Gasteiger partial charge on any atom is 0.276 e. The first kappa shape index (κ1) is 18.6. The molecule has 7 nitrogen and oxygen atoms in total. The molecular formula is C16H23IN6O. The molecule has 1 aliphatic rings. The number of nitrogens with two attached hydrogens (primary N) is 1. The Labute approximate surface area is 158 Å². The molecule has 2 aromatic rings. The average Bonchev–Trinajstić information content (AvgIpc) is 2.89. The third-order valence-corrected chi connectivity index (χ3v) is 3.89. The van der Waals surface area contributed by atoms with Crippen LogP contribution in [0.2, 0.25) is 0 Å². The molecule has 0 aliphatic carbocycles. The zero-order valence-corrected chi connectivity index (χ0v) is 15.9. The van der Waals surface area contributed by atoms with Crippen molar-refractivity contribution >= 4 is 29.9 Å². The van der Waals surface area contributed by atoms with Crippen LogP contribution in [0, 0.1) is 0 Å². The van der Waals surface area contributed by atoms with Crippen LogP contribution in [0.3, 0.4) is 0 Å². The molecule has 1 saturated heterocycles. The average molecular weight is 442 g/mol. The maximum atomic E-state index is 6.08. The van der Waals surface area contributed by atoms with Gasteiger partial charge in [-0.15, -0.1) is 24.0 Å². The second kappa shape index (κ2) is 9.55. The fourth-order valence-corrected chi connectivity index (χ4v) is 2.62. The van der Waals surface area contributed by atoms with E-state index in [0.29, 0.717) is 36.3 Å². The highest BCUT2D eigenvalue weighted by Crippen LogP contribution is 2.13. The van der Waals surface area contributed by atoms with E-state index < -0.39 is 0 Å². The van der Waals surface area contributed by atoms with Crippen molar-refractivity contribution in [2.75, 3.05) is 19.6 Å². The monoisotopic (exact) mass is 442 g/mol. The molecule has 0 atom stereocenters. The van der Waals surface area contributed by atoms with Crippen LogP contribution in [0.15, 0.2) is 33.9 Å². The van der Waals surface area contributed by atoms with E-state index in [2.05, 4.69) is 25.0 Å². The van der Waals surface area contributed by atoms with Crippen molar-refractivity contribution in [1.29, 1.82) is 0 Å². The maximum absolute atomic E-state index is 6.08. The van der Waals surface area contributed by atoms with E-state index in [1.54, 1.807) is 6.20 Å². The minimum Gasteiger partial charge on any atom is -0.370 e. The van der Waals surface area contributed by atoms with Gasteiger partial charge in [-0.25, -0.2) is 0 Å². The van der Waals surface area contributed by atoms with Crippen molar-refractivity contribution in [3.05, 3.63) is 30.2 Å². The summed E-state index contributed by atoms with van der Waals surface area (Å²) in [4.78, 5) is 15.2. The molecule has 0 radical (unpaired) electrons. The second-order valence-electron chi connectivity index (χ2n) is 5.62. The van der Waals surface area contributed by atoms with E-state index in [-0.39, 0.29) is 24.0 Å². The minimum absolute atomic E-state index is 0. The molecule has 130 valence electrons. The van der Waals surface area contributed by atoms with Crippen LogP contribution < -0.4 is 5.73 Å². The largest absolute Gasteiger partial charge is 0.370 e. The third-order valence-electron chi connectivity index (χ3n) is 3.89. The van der Waals surface area contributed by atoms with Crippen LogP contribution >= 0.6 is 24.0 Å². The van der Waals surface area contributed by atoms with Gasteiger partial charge in [0.15, 0.2) is 11.8 Å². The van der Waals surface area contributed by atoms with Crippen molar-refractivity contribution in [3.63, 3.8) is 0 Å². The van der Waals surface area contributed by atoms with Crippen LogP contribution in [0.4, 0.5) is 0 Å². The molecule has 8 heteroatoms. The first-order valence-electron chi connectivity index (χ1n) is 8.12. The van der Waals surface area contributed by atoms with E-state index in [1.807, 2.05) is 18.2 Å². The van der Waals surface area contributed by atoms with Gasteiger partial charge in [0.05, 0.1) is 0 Å². The summed E-state index contributed by atoms with van der Waals surface area (Å²) in [5, 5.41) is 3.97. The summed E-state index contributed by atoms with van der Waals surface area (Å²) in [7, 11) is 0. The molecule has 0 saturated carbocycles. The summed E-state index contributed by atoms with van der Waals surface area (Å²) in [5.41, 5.74) is 6.76. The van der Waals surface area contributed by atoms with Gasteiger partial charge < -0.3 is 15.2 Å². The van der Waals surface area contributed by atoms with Crippen molar-refractivity contribution in [1.82, 2.24) is 20.0 Å². The fraction of sp³-hybridized carbons (Fsp3) is 0.500. The molecule has 2 aromatic heterocycles. The summed E-state index contributed by atoms with van der Waals surface area (Å²) >= 11 is 0. The Balaban J connectivity index is 0.00000208. The van der Waals surface area contributed by atoms with Gasteiger partial charge in [0.1, 0.15) is 5.69 Å². The van der Waals surface area contributed by atoms with E-state index in [1.165, 1.54) is 25.7 Å². The van der Waals surface area contributed by atoms with Crippen molar-refractivity contribution in [3.8, 4) is 11.6 Å². The minimum atomic E-state index is 0. The lowest BCUT2D eigenvalue weighted by atomic mass is 10.2. The van der Waals surface area contributed by atoms with E-state index in [9.17, 15) is 0 Å². The molecule has 3 heterocycles. The zero-order chi connectivity index (χ0) is 15.9. The predicted octanol–water partition coefficient (Wildman–Crippen LogP) is 2.48. The molecule has 0 amide bonds. The second-order valence-corrected chi connectivity index (χ2v) is 5.62. The Bertz CT molecular complexity index is 637. The number of hydrogen-bond acceptors (Lipinski definition) is 5. The number of halogens is 1. The number of guanidine groups is 1. The van der Waals surface area contributed by atoms with E-state index in [0.717, 1.165) is 13.1 Å². The first-order valence-corrected chi connectivity index (χ1v) is 8.12. The van der Waals surface area contributed by atoms with E-state index >= 15 is 0 Å². The highest BCUT2D eigenvalue weighted by molar-refractivity contribution is 14.0. The summed E-state index contributed by atoms with van der Waals surface area (Å²) in [6.07, 6.45) is 7.24. The summed E-state index contributed by atoms with van der Waals surface area (Å²) in [6, 6.07) is 5.58. The number of rotatable bonds is 4. The molecule has 1 fully saturated rings. The molecule has 1 aliphatic heterocycles. The van der Waals surface area contributed by atoms with Crippen LogP contribution in [0.1, 0.15) is 31.5 Å². The number of pyridine rings is 1. The van der Waals surface area contributed by atoms with Crippen molar-refractivity contribution in [2.45, 2.75) is 32.1 Å². The summed E-state index contributed by atoms with van der Waals surface area (Å²) < 4.78 is 5.23. The van der Waals surface area contributed by atoms with Crippen LogP contribution in [0.5, 0.6) is 0 Å². The zero-order valence-electron chi connectivity index (χ0n) is 13.6. The molecule has 2 N–H and O–H groups in total. The first-order chi connectivity index (χ1) is 11.3. The Morgan fingerprint density at radius 3 is 2.71 bits per heavy atom. The molecule has 3 rings (SSSR count). The van der Waals surface area contributed by atoms with Gasteiger partial charge in [-0.05, 0) is 25.0 Å². The van der Waals surface area contributed by atoms with Crippen LogP contribution in [-0.4, -0.2) is 45.6 Å². The lowest BCUT2D eigenvalue weighted by Gasteiger charge is -2.20. The lowest BCUT2D eigenvalue weighted by molar-refractivity contribution is 0.420. The van der Waals surface area contributed by atoms with Gasteiger partial charge in [-0.1, -0.05) is 24.1 Å². The van der Waals surface area contributed by atoms with Gasteiger partial charge in [-0.2, -0.15) is 4.98 Å². The summed E-state index contributed by atoms with van der Waals surface area (Å²) in [6.45, 7) is 2.56. The van der Waals surface area contributed by atoms with Gasteiger partial charge in [0.2, 0.25) is 0 Å². The van der Waals surface area contributed by atoms with Crippen LogP contribution in [-0.2, 0) is 6.42 Å². The lowest BCUT2D eigenvalue weighted by Crippen LogP contribution is -2.38. The quantitative estimate of drug-likeness (QED) is 0.444. The normalized spacial score (nSPS) is 15.7. The third kappa shape index (κ3) is 5.15. The van der Waals surface area contributed by atoms with Crippen molar-refractivity contribution in [2.24, 2.45) is 10.7 Å².